The van der Waals surface area contributed by atoms with Gasteiger partial charge in [0.2, 0.25) is 0 Å². The van der Waals surface area contributed by atoms with Crippen LogP contribution in [-0.4, -0.2) is 33.9 Å². The molecule has 0 bridgehead atoms. The second-order valence-electron chi connectivity index (χ2n) is 7.33. The van der Waals surface area contributed by atoms with E-state index in [-0.39, 0.29) is 17.7 Å². The zero-order valence-electron chi connectivity index (χ0n) is 17.4. The Hall–Kier alpha value is -2.97. The lowest BCUT2D eigenvalue weighted by Gasteiger charge is -2.20. The van der Waals surface area contributed by atoms with Gasteiger partial charge in [0.1, 0.15) is 21.9 Å². The van der Waals surface area contributed by atoms with Crippen molar-refractivity contribution in [3.8, 4) is 5.75 Å². The summed E-state index contributed by atoms with van der Waals surface area (Å²) in [6, 6.07) is 19.3. The van der Waals surface area contributed by atoms with Gasteiger partial charge >= 0.3 is 0 Å². The van der Waals surface area contributed by atoms with Crippen LogP contribution in [0.1, 0.15) is 29.3 Å². The number of carbonyl (C=O) groups excluding carboxylic acids is 1. The zero-order chi connectivity index (χ0) is 21.9. The van der Waals surface area contributed by atoms with Crippen LogP contribution in [0.15, 0.2) is 81.4 Å². The molecule has 32 heavy (non-hydrogen) atoms. The molecule has 2 aromatic carbocycles. The zero-order valence-corrected chi connectivity index (χ0v) is 19.1. The highest BCUT2D eigenvalue weighted by Gasteiger charge is 2.35. The average molecular weight is 464 g/mol. The van der Waals surface area contributed by atoms with Crippen molar-refractivity contribution in [2.45, 2.75) is 18.2 Å². The lowest BCUT2D eigenvalue weighted by atomic mass is 10.0. The molecule has 0 saturated carbocycles. The molecule has 1 atom stereocenters. The molecule has 0 N–H and O–H groups in total. The first-order valence-electron chi connectivity index (χ1n) is 10.2. The maximum atomic E-state index is 13.2. The van der Waals surface area contributed by atoms with Gasteiger partial charge in [-0.1, -0.05) is 41.7 Å². The van der Waals surface area contributed by atoms with E-state index in [4.69, 9.17) is 19.2 Å². The number of nitrogens with zero attached hydrogens (tertiary/aromatic N) is 3. The molecule has 0 fully saturated rings. The maximum Gasteiger partial charge on any atom is 0.253 e. The predicted molar refractivity (Wildman–Crippen MR) is 130 cm³/mol. The molecule has 2 aliphatic rings. The number of rotatable bonds is 5. The summed E-state index contributed by atoms with van der Waals surface area (Å²) in [6.45, 7) is 0. The first-order valence-corrected chi connectivity index (χ1v) is 12.2. The fraction of sp³-hybridized carbons (Fsp3) is 0.208. The molecule has 0 aliphatic carbocycles. The van der Waals surface area contributed by atoms with Crippen LogP contribution in [0.2, 0.25) is 0 Å². The Bertz CT molecular complexity index is 1170. The highest BCUT2D eigenvalue weighted by molar-refractivity contribution is 8.38. The van der Waals surface area contributed by atoms with E-state index in [0.29, 0.717) is 6.42 Å². The Morgan fingerprint density at radius 2 is 2.03 bits per heavy atom. The Labute approximate surface area is 194 Å². The van der Waals surface area contributed by atoms with Crippen molar-refractivity contribution in [2.24, 2.45) is 10.1 Å². The van der Waals surface area contributed by atoms with Crippen molar-refractivity contribution >= 4 is 45.2 Å². The summed E-state index contributed by atoms with van der Waals surface area (Å²) in [5, 5.41) is 6.25. The summed E-state index contributed by atoms with van der Waals surface area (Å²) in [5.41, 5.74) is 4.02. The number of ether oxygens (including phenoxy) is 1. The standard InChI is InChI=1S/C24H21N3O3S2/c1-29-18-10-8-16(9-11-18)20-13-21(22-7-4-12-30-22)27(26-20)23(28)15-32-24-25-19-6-3-2-5-17(19)14-31-24/h2-12,21H,13-15H2,1H3. The van der Waals surface area contributed by atoms with Crippen molar-refractivity contribution in [3.63, 3.8) is 0 Å². The lowest BCUT2D eigenvalue weighted by molar-refractivity contribution is -0.130. The van der Waals surface area contributed by atoms with E-state index in [9.17, 15) is 4.79 Å². The molecule has 3 heterocycles. The Kier molecular flexibility index (Phi) is 6.05. The van der Waals surface area contributed by atoms with E-state index >= 15 is 0 Å². The number of amides is 1. The summed E-state index contributed by atoms with van der Waals surface area (Å²) in [5.74, 6) is 2.59. The molecule has 6 nitrogen and oxygen atoms in total. The highest BCUT2D eigenvalue weighted by atomic mass is 32.2. The van der Waals surface area contributed by atoms with Crippen LogP contribution in [0.4, 0.5) is 5.69 Å². The van der Waals surface area contributed by atoms with Gasteiger partial charge in [0.15, 0.2) is 0 Å². The van der Waals surface area contributed by atoms with Crippen LogP contribution in [-0.2, 0) is 10.5 Å². The fourth-order valence-electron chi connectivity index (χ4n) is 3.68. The molecule has 162 valence electrons. The smallest absolute Gasteiger partial charge is 0.253 e. The molecule has 2 aliphatic heterocycles. The number of carbonyl (C=O) groups is 1. The topological polar surface area (TPSA) is 67.4 Å². The predicted octanol–water partition coefficient (Wildman–Crippen LogP) is 5.63. The van der Waals surface area contributed by atoms with Gasteiger partial charge in [-0.2, -0.15) is 5.10 Å². The van der Waals surface area contributed by atoms with E-state index in [0.717, 1.165) is 38.6 Å². The van der Waals surface area contributed by atoms with Crippen molar-refractivity contribution in [1.29, 1.82) is 0 Å². The summed E-state index contributed by atoms with van der Waals surface area (Å²) < 4.78 is 11.8. The van der Waals surface area contributed by atoms with Crippen LogP contribution in [0.3, 0.4) is 0 Å². The number of thioether (sulfide) groups is 2. The summed E-state index contributed by atoms with van der Waals surface area (Å²) in [7, 11) is 1.64. The molecule has 8 heteroatoms. The molecule has 1 unspecified atom stereocenters. The number of furan rings is 1. The third kappa shape index (κ3) is 4.33. The summed E-state index contributed by atoms with van der Waals surface area (Å²) in [6.07, 6.45) is 2.22. The average Bonchev–Trinajstić information content (AvgIpc) is 3.53. The molecule has 0 radical (unpaired) electrons. The largest absolute Gasteiger partial charge is 0.497 e. The van der Waals surface area contributed by atoms with Crippen LogP contribution >= 0.6 is 23.5 Å². The third-order valence-corrected chi connectivity index (χ3v) is 7.56. The van der Waals surface area contributed by atoms with Gasteiger partial charge in [0.25, 0.3) is 5.91 Å². The number of hydrazone groups is 1. The first-order chi connectivity index (χ1) is 15.7. The quantitative estimate of drug-likeness (QED) is 0.490. The Balaban J connectivity index is 1.33. The van der Waals surface area contributed by atoms with Crippen molar-refractivity contribution < 1.29 is 13.9 Å². The van der Waals surface area contributed by atoms with Gasteiger partial charge in [0, 0.05) is 12.2 Å². The molecule has 0 saturated heterocycles. The summed E-state index contributed by atoms with van der Waals surface area (Å²) >= 11 is 3.13. The van der Waals surface area contributed by atoms with E-state index in [1.807, 2.05) is 54.6 Å². The van der Waals surface area contributed by atoms with Crippen LogP contribution < -0.4 is 4.74 Å². The number of fused-ring (bicyclic) bond motifs is 1. The van der Waals surface area contributed by atoms with E-state index in [1.54, 1.807) is 30.1 Å². The first kappa shape index (κ1) is 20.9. The second kappa shape index (κ2) is 9.26. The molecular formula is C24H21N3O3S2. The molecule has 0 spiro atoms. The molecule has 5 rings (SSSR count). The Morgan fingerprint density at radius 3 is 2.81 bits per heavy atom. The Morgan fingerprint density at radius 1 is 1.19 bits per heavy atom. The number of hydrogen-bond acceptors (Lipinski definition) is 7. The monoisotopic (exact) mass is 463 g/mol. The van der Waals surface area contributed by atoms with Crippen molar-refractivity contribution in [1.82, 2.24) is 5.01 Å². The van der Waals surface area contributed by atoms with E-state index in [2.05, 4.69) is 6.07 Å². The SMILES string of the molecule is COc1ccc(C2=NN(C(=O)CSC3=Nc4ccccc4CS3)C(c3ccco3)C2)cc1. The third-order valence-electron chi connectivity index (χ3n) is 5.33. The second-order valence-corrected chi connectivity index (χ2v) is 9.52. The van der Waals surface area contributed by atoms with Gasteiger partial charge in [-0.15, -0.1) is 0 Å². The number of para-hydroxylation sites is 1. The molecule has 3 aromatic rings. The lowest BCUT2D eigenvalue weighted by Crippen LogP contribution is -2.28. The van der Waals surface area contributed by atoms with Crippen molar-refractivity contribution in [2.75, 3.05) is 12.9 Å². The van der Waals surface area contributed by atoms with Gasteiger partial charge in [0.05, 0.1) is 30.5 Å². The van der Waals surface area contributed by atoms with Gasteiger partial charge in [-0.25, -0.2) is 10.0 Å². The van der Waals surface area contributed by atoms with Crippen molar-refractivity contribution in [3.05, 3.63) is 83.8 Å². The van der Waals surface area contributed by atoms with Crippen LogP contribution in [0.5, 0.6) is 5.75 Å². The number of benzene rings is 2. The fourth-order valence-corrected chi connectivity index (χ4v) is 5.59. The minimum Gasteiger partial charge on any atom is -0.497 e. The molecule has 1 aromatic heterocycles. The van der Waals surface area contributed by atoms with Gasteiger partial charge < -0.3 is 9.15 Å². The maximum absolute atomic E-state index is 13.2. The van der Waals surface area contributed by atoms with Crippen LogP contribution in [0, 0.1) is 0 Å². The van der Waals surface area contributed by atoms with Gasteiger partial charge in [-0.3, -0.25) is 4.79 Å². The van der Waals surface area contributed by atoms with Crippen LogP contribution in [0.25, 0.3) is 0 Å². The number of aliphatic imine (C=N–C) groups is 1. The highest BCUT2D eigenvalue weighted by Crippen LogP contribution is 2.36. The van der Waals surface area contributed by atoms with E-state index in [1.165, 1.54) is 17.3 Å². The number of methoxy groups -OCH3 is 1. The summed E-state index contributed by atoms with van der Waals surface area (Å²) in [4.78, 5) is 17.9. The molecular weight excluding hydrogens is 442 g/mol. The van der Waals surface area contributed by atoms with Gasteiger partial charge in [-0.05, 0) is 53.6 Å². The molecule has 1 amide bonds. The van der Waals surface area contributed by atoms with E-state index < -0.39 is 0 Å². The number of hydrogen-bond donors (Lipinski definition) is 0. The minimum atomic E-state index is -0.253. The minimum absolute atomic E-state index is 0.0675. The normalized spacial score (nSPS) is 17.5.